The highest BCUT2D eigenvalue weighted by Gasteiger charge is 2.03. The smallest absolute Gasteiger partial charge is 0.190 e. The van der Waals surface area contributed by atoms with E-state index in [1.807, 2.05) is 19.4 Å². The summed E-state index contributed by atoms with van der Waals surface area (Å²) >= 11 is 3.33. The summed E-state index contributed by atoms with van der Waals surface area (Å²) in [7, 11) is 6.03. The summed E-state index contributed by atoms with van der Waals surface area (Å²) in [5.41, 5.74) is 0. The Morgan fingerprint density at radius 2 is 2.12 bits per heavy atom. The van der Waals surface area contributed by atoms with Gasteiger partial charge in [-0.25, -0.2) is 9.97 Å². The van der Waals surface area contributed by atoms with Crippen molar-refractivity contribution in [2.45, 2.75) is 10.2 Å². The van der Waals surface area contributed by atoms with E-state index in [9.17, 15) is 0 Å². The molecule has 0 aromatic carbocycles. The van der Waals surface area contributed by atoms with Crippen molar-refractivity contribution in [3.05, 3.63) is 6.07 Å². The normalized spacial score (nSPS) is 10.8. The zero-order valence-corrected chi connectivity index (χ0v) is 11.8. The Morgan fingerprint density at radius 1 is 1.38 bits per heavy atom. The average Bonchev–Trinajstić information content (AvgIpc) is 2.28. The van der Waals surface area contributed by atoms with Crippen LogP contribution in [-0.2, 0) is 0 Å². The Bertz CT molecular complexity index is 308. The maximum atomic E-state index is 4.45. The van der Waals surface area contributed by atoms with Crippen LogP contribution in [0.15, 0.2) is 16.2 Å². The Morgan fingerprint density at radius 3 is 2.69 bits per heavy atom. The van der Waals surface area contributed by atoms with Gasteiger partial charge in [-0.3, -0.25) is 0 Å². The molecule has 1 heterocycles. The number of rotatable bonds is 6. The Balaban J connectivity index is 2.64. The summed E-state index contributed by atoms with van der Waals surface area (Å²) < 4.78 is 0. The van der Waals surface area contributed by atoms with Gasteiger partial charge in [-0.05, 0) is 20.4 Å². The third-order valence-electron chi connectivity index (χ3n) is 1.91. The second-order valence-electron chi connectivity index (χ2n) is 3.48. The van der Waals surface area contributed by atoms with Crippen LogP contribution in [0.5, 0.6) is 0 Å². The zero-order valence-electron chi connectivity index (χ0n) is 10.1. The van der Waals surface area contributed by atoms with Crippen molar-refractivity contribution in [2.24, 2.45) is 0 Å². The molecule has 0 amide bonds. The van der Waals surface area contributed by atoms with Gasteiger partial charge in [-0.2, -0.15) is 0 Å². The molecule has 0 aliphatic carbocycles. The largest absolute Gasteiger partial charge is 0.373 e. The van der Waals surface area contributed by atoms with Crippen LogP contribution in [0.1, 0.15) is 0 Å². The molecule has 1 N–H and O–H groups in total. The predicted octanol–water partition coefficient (Wildman–Crippen LogP) is 1.89. The van der Waals surface area contributed by atoms with E-state index in [0.717, 1.165) is 28.3 Å². The number of hydrogen-bond donors (Lipinski definition) is 1. The first-order chi connectivity index (χ1) is 7.65. The molecule has 0 saturated heterocycles. The molecule has 1 aromatic heterocycles. The molecule has 90 valence electrons. The maximum Gasteiger partial charge on any atom is 0.190 e. The van der Waals surface area contributed by atoms with E-state index in [-0.39, 0.29) is 0 Å². The predicted molar refractivity (Wildman–Crippen MR) is 72.6 cm³/mol. The van der Waals surface area contributed by atoms with Gasteiger partial charge in [0.15, 0.2) is 5.16 Å². The molecule has 0 saturated carbocycles. The highest BCUT2D eigenvalue weighted by molar-refractivity contribution is 7.99. The second kappa shape index (κ2) is 6.98. The average molecular weight is 258 g/mol. The summed E-state index contributed by atoms with van der Waals surface area (Å²) in [4.78, 5) is 11.0. The third kappa shape index (κ3) is 4.59. The van der Waals surface area contributed by atoms with Crippen LogP contribution >= 0.6 is 23.5 Å². The zero-order chi connectivity index (χ0) is 12.0. The Labute approximate surface area is 106 Å². The van der Waals surface area contributed by atoms with Gasteiger partial charge < -0.3 is 10.2 Å². The number of hydrogen-bond acceptors (Lipinski definition) is 6. The molecule has 0 fully saturated rings. The Hall–Kier alpha value is -0.460. The number of aromatic nitrogens is 2. The molecular formula is C10H18N4S2. The van der Waals surface area contributed by atoms with Crippen molar-refractivity contribution in [1.82, 2.24) is 14.9 Å². The van der Waals surface area contributed by atoms with Crippen molar-refractivity contribution in [3.63, 3.8) is 0 Å². The fraction of sp³-hybridized carbons (Fsp3) is 0.600. The molecule has 0 aliphatic heterocycles. The minimum atomic E-state index is 0.819. The molecule has 1 aromatic rings. The van der Waals surface area contributed by atoms with Crippen molar-refractivity contribution >= 4 is 29.3 Å². The van der Waals surface area contributed by atoms with Crippen LogP contribution < -0.4 is 5.32 Å². The molecule has 0 unspecified atom stereocenters. The van der Waals surface area contributed by atoms with Gasteiger partial charge in [0.25, 0.3) is 0 Å². The minimum absolute atomic E-state index is 0.819. The molecule has 0 spiro atoms. The van der Waals surface area contributed by atoms with E-state index in [4.69, 9.17) is 0 Å². The van der Waals surface area contributed by atoms with Crippen molar-refractivity contribution < 1.29 is 0 Å². The number of thioether (sulfide) groups is 2. The van der Waals surface area contributed by atoms with E-state index >= 15 is 0 Å². The first-order valence-electron chi connectivity index (χ1n) is 5.04. The fourth-order valence-corrected chi connectivity index (χ4v) is 2.48. The summed E-state index contributed by atoms with van der Waals surface area (Å²) in [6.07, 6.45) is 1.99. The standard InChI is InChI=1S/C10H18N4S2/c1-11-8-7-9(13-10(12-8)15-4)16-6-5-14(2)3/h7H,5-6H2,1-4H3,(H,11,12,13). The van der Waals surface area contributed by atoms with Crippen LogP contribution in [0.4, 0.5) is 5.82 Å². The van der Waals surface area contributed by atoms with Gasteiger partial charge in [0.1, 0.15) is 10.8 Å². The van der Waals surface area contributed by atoms with Crippen LogP contribution in [0.25, 0.3) is 0 Å². The lowest BCUT2D eigenvalue weighted by atomic mass is 10.6. The number of nitrogens with one attached hydrogen (secondary N) is 1. The van der Waals surface area contributed by atoms with E-state index in [0.29, 0.717) is 0 Å². The lowest BCUT2D eigenvalue weighted by molar-refractivity contribution is 0.437. The van der Waals surface area contributed by atoms with Crippen molar-refractivity contribution in [3.8, 4) is 0 Å². The number of anilines is 1. The monoisotopic (exact) mass is 258 g/mol. The van der Waals surface area contributed by atoms with Crippen molar-refractivity contribution in [1.29, 1.82) is 0 Å². The molecule has 16 heavy (non-hydrogen) atoms. The van der Waals surface area contributed by atoms with E-state index in [1.165, 1.54) is 0 Å². The van der Waals surface area contributed by atoms with Crippen LogP contribution in [0.2, 0.25) is 0 Å². The summed E-state index contributed by atoms with van der Waals surface area (Å²) in [6, 6.07) is 1.99. The van der Waals surface area contributed by atoms with E-state index < -0.39 is 0 Å². The molecule has 4 nitrogen and oxygen atoms in total. The lowest BCUT2D eigenvalue weighted by Crippen LogP contribution is -2.14. The van der Waals surface area contributed by atoms with Gasteiger partial charge in [-0.15, -0.1) is 11.8 Å². The van der Waals surface area contributed by atoms with Crippen LogP contribution in [-0.4, -0.2) is 54.6 Å². The summed E-state index contributed by atoms with van der Waals surface area (Å²) in [5, 5.41) is 4.90. The van der Waals surface area contributed by atoms with Crippen LogP contribution in [0.3, 0.4) is 0 Å². The molecule has 6 heteroatoms. The van der Waals surface area contributed by atoms with Gasteiger partial charge in [0.05, 0.1) is 0 Å². The molecular weight excluding hydrogens is 240 g/mol. The highest BCUT2D eigenvalue weighted by atomic mass is 32.2. The van der Waals surface area contributed by atoms with Gasteiger partial charge >= 0.3 is 0 Å². The SMILES string of the molecule is CNc1cc(SCCN(C)C)nc(SC)n1. The minimum Gasteiger partial charge on any atom is -0.373 e. The first-order valence-corrected chi connectivity index (χ1v) is 7.25. The van der Waals surface area contributed by atoms with Crippen molar-refractivity contribution in [2.75, 3.05) is 45.0 Å². The molecule has 0 radical (unpaired) electrons. The number of nitrogens with zero attached hydrogens (tertiary/aromatic N) is 3. The summed E-state index contributed by atoms with van der Waals surface area (Å²) in [5.74, 6) is 1.92. The third-order valence-corrected chi connectivity index (χ3v) is 3.35. The second-order valence-corrected chi connectivity index (χ2v) is 5.37. The maximum absolute atomic E-state index is 4.45. The molecule has 0 atom stereocenters. The van der Waals surface area contributed by atoms with Gasteiger partial charge in [0, 0.05) is 25.4 Å². The molecule has 0 bridgehead atoms. The molecule has 1 rings (SSSR count). The lowest BCUT2D eigenvalue weighted by Gasteiger charge is -2.09. The molecule has 0 aliphatic rings. The van der Waals surface area contributed by atoms with E-state index in [1.54, 1.807) is 23.5 Å². The van der Waals surface area contributed by atoms with Crippen LogP contribution in [0, 0.1) is 0 Å². The highest BCUT2D eigenvalue weighted by Crippen LogP contribution is 2.21. The van der Waals surface area contributed by atoms with Gasteiger partial charge in [-0.1, -0.05) is 11.8 Å². The van der Waals surface area contributed by atoms with E-state index in [2.05, 4.69) is 34.3 Å². The van der Waals surface area contributed by atoms with Gasteiger partial charge in [0.2, 0.25) is 0 Å². The fourth-order valence-electron chi connectivity index (χ4n) is 1.03. The summed E-state index contributed by atoms with van der Waals surface area (Å²) in [6.45, 7) is 1.05. The quantitative estimate of drug-likeness (QED) is 0.477. The topological polar surface area (TPSA) is 41.0 Å². The Kier molecular flexibility index (Phi) is 5.94. The first kappa shape index (κ1) is 13.6.